The molecule has 0 aliphatic rings. The lowest BCUT2D eigenvalue weighted by Gasteiger charge is -2.19. The molecule has 1 aromatic heterocycles. The number of anilines is 1. The number of hydrogen-bond acceptors (Lipinski definition) is 3. The normalized spacial score (nSPS) is 12.3. The van der Waals surface area contributed by atoms with Crippen molar-refractivity contribution in [2.45, 2.75) is 39.3 Å². The highest BCUT2D eigenvalue weighted by Crippen LogP contribution is 2.34. The minimum atomic E-state index is -4.65. The number of alkyl halides is 3. The minimum Gasteiger partial charge on any atom is -0.321 e. The standard InChI is InChI=1S/C16H17F3N2OS/c1-9-20-13(16(17,18)19)12(23-9)14(22)21-11-7-5-6-10(8-11)15(2,3)4/h5-8H,1-4H3,(H,21,22). The van der Waals surface area contributed by atoms with E-state index in [2.05, 4.69) is 10.3 Å². The molecular weight excluding hydrogens is 325 g/mol. The first-order valence-electron chi connectivity index (χ1n) is 6.95. The number of halogens is 3. The summed E-state index contributed by atoms with van der Waals surface area (Å²) in [5, 5.41) is 2.73. The zero-order valence-electron chi connectivity index (χ0n) is 13.2. The van der Waals surface area contributed by atoms with E-state index in [1.165, 1.54) is 6.92 Å². The van der Waals surface area contributed by atoms with Gasteiger partial charge in [0, 0.05) is 5.69 Å². The summed E-state index contributed by atoms with van der Waals surface area (Å²) < 4.78 is 38.8. The Kier molecular flexibility index (Phi) is 4.52. The molecule has 1 amide bonds. The molecule has 0 bridgehead atoms. The molecule has 0 fully saturated rings. The Balaban J connectivity index is 2.31. The van der Waals surface area contributed by atoms with Crippen molar-refractivity contribution in [2.75, 3.05) is 5.32 Å². The van der Waals surface area contributed by atoms with E-state index in [-0.39, 0.29) is 10.4 Å². The summed E-state index contributed by atoms with van der Waals surface area (Å²) in [5.41, 5.74) is 0.178. The van der Waals surface area contributed by atoms with Crippen LogP contribution in [0.15, 0.2) is 24.3 Å². The second kappa shape index (κ2) is 5.96. The Morgan fingerprint density at radius 3 is 2.43 bits per heavy atom. The molecule has 0 aliphatic carbocycles. The van der Waals surface area contributed by atoms with Crippen LogP contribution in [0.2, 0.25) is 0 Å². The summed E-state index contributed by atoms with van der Waals surface area (Å²) in [4.78, 5) is 15.2. The van der Waals surface area contributed by atoms with Crippen molar-refractivity contribution in [1.29, 1.82) is 0 Å². The summed E-state index contributed by atoms with van der Waals surface area (Å²) >= 11 is 0.735. The van der Waals surface area contributed by atoms with Gasteiger partial charge in [0.1, 0.15) is 4.88 Å². The smallest absolute Gasteiger partial charge is 0.321 e. The first-order chi connectivity index (χ1) is 10.5. The summed E-state index contributed by atoms with van der Waals surface area (Å²) in [6.07, 6.45) is -4.65. The lowest BCUT2D eigenvalue weighted by molar-refractivity contribution is -0.141. The van der Waals surface area contributed by atoms with Crippen molar-refractivity contribution in [3.8, 4) is 0 Å². The average molecular weight is 342 g/mol. The van der Waals surface area contributed by atoms with Gasteiger partial charge >= 0.3 is 6.18 Å². The highest BCUT2D eigenvalue weighted by molar-refractivity contribution is 7.13. The molecule has 0 aliphatic heterocycles. The van der Waals surface area contributed by atoms with Crippen molar-refractivity contribution in [1.82, 2.24) is 4.98 Å². The predicted octanol–water partition coefficient (Wildman–Crippen LogP) is 5.02. The number of aryl methyl sites for hydroxylation is 1. The van der Waals surface area contributed by atoms with Crippen LogP contribution in [-0.4, -0.2) is 10.9 Å². The number of thiazole rings is 1. The SMILES string of the molecule is Cc1nc(C(F)(F)F)c(C(=O)Nc2cccc(C(C)(C)C)c2)s1. The quantitative estimate of drug-likeness (QED) is 0.832. The van der Waals surface area contributed by atoms with Crippen LogP contribution >= 0.6 is 11.3 Å². The summed E-state index contributed by atoms with van der Waals surface area (Å²) in [5.74, 6) is -0.797. The van der Waals surface area contributed by atoms with Gasteiger partial charge in [0.15, 0.2) is 5.69 Å². The van der Waals surface area contributed by atoms with Crippen molar-refractivity contribution >= 4 is 22.9 Å². The van der Waals surface area contributed by atoms with Gasteiger partial charge in [-0.15, -0.1) is 11.3 Å². The highest BCUT2D eigenvalue weighted by atomic mass is 32.1. The molecule has 23 heavy (non-hydrogen) atoms. The molecule has 0 spiro atoms. The fraction of sp³-hybridized carbons (Fsp3) is 0.375. The molecular formula is C16H17F3N2OS. The van der Waals surface area contributed by atoms with E-state index in [0.717, 1.165) is 16.9 Å². The van der Waals surface area contributed by atoms with Crippen molar-refractivity contribution in [3.63, 3.8) is 0 Å². The van der Waals surface area contributed by atoms with E-state index >= 15 is 0 Å². The van der Waals surface area contributed by atoms with E-state index in [9.17, 15) is 18.0 Å². The average Bonchev–Trinajstić information content (AvgIpc) is 2.80. The summed E-state index contributed by atoms with van der Waals surface area (Å²) in [6.45, 7) is 7.49. The zero-order valence-corrected chi connectivity index (χ0v) is 14.0. The lowest BCUT2D eigenvalue weighted by atomic mass is 9.87. The minimum absolute atomic E-state index is 0.126. The molecule has 0 saturated heterocycles. The molecule has 2 rings (SSSR count). The van der Waals surface area contributed by atoms with Crippen LogP contribution in [-0.2, 0) is 11.6 Å². The molecule has 0 atom stereocenters. The molecule has 0 saturated carbocycles. The van der Waals surface area contributed by atoms with Crippen molar-refractivity contribution in [3.05, 3.63) is 45.4 Å². The fourth-order valence-corrected chi connectivity index (χ4v) is 2.86. The number of benzene rings is 1. The van der Waals surface area contributed by atoms with Gasteiger partial charge in [-0.3, -0.25) is 4.79 Å². The number of rotatable bonds is 2. The van der Waals surface area contributed by atoms with E-state index in [0.29, 0.717) is 5.69 Å². The van der Waals surface area contributed by atoms with Gasteiger partial charge in [0.2, 0.25) is 0 Å². The molecule has 3 nitrogen and oxygen atoms in total. The van der Waals surface area contributed by atoms with Crippen LogP contribution in [0.4, 0.5) is 18.9 Å². The third kappa shape index (κ3) is 4.10. The van der Waals surface area contributed by atoms with Gasteiger partial charge in [-0.05, 0) is 30.0 Å². The second-order valence-electron chi connectivity index (χ2n) is 6.19. The van der Waals surface area contributed by atoms with Crippen LogP contribution in [0.25, 0.3) is 0 Å². The number of nitrogens with zero attached hydrogens (tertiary/aromatic N) is 1. The molecule has 124 valence electrons. The Hall–Kier alpha value is -1.89. The number of amides is 1. The van der Waals surface area contributed by atoms with E-state index in [1.807, 2.05) is 26.8 Å². The molecule has 1 N–H and O–H groups in total. The molecule has 7 heteroatoms. The van der Waals surface area contributed by atoms with Crippen molar-refractivity contribution < 1.29 is 18.0 Å². The maximum Gasteiger partial charge on any atom is 0.435 e. The van der Waals surface area contributed by atoms with Crippen molar-refractivity contribution in [2.24, 2.45) is 0 Å². The fourth-order valence-electron chi connectivity index (χ4n) is 2.02. The van der Waals surface area contributed by atoms with Gasteiger partial charge in [0.25, 0.3) is 5.91 Å². The van der Waals surface area contributed by atoms with Gasteiger partial charge in [0.05, 0.1) is 5.01 Å². The lowest BCUT2D eigenvalue weighted by Crippen LogP contribution is -2.18. The van der Waals surface area contributed by atoms with E-state index < -0.39 is 22.7 Å². The maximum atomic E-state index is 12.9. The molecule has 2 aromatic rings. The first kappa shape index (κ1) is 17.5. The summed E-state index contributed by atoms with van der Waals surface area (Å²) in [6, 6.07) is 7.08. The predicted molar refractivity (Wildman–Crippen MR) is 84.9 cm³/mol. The summed E-state index contributed by atoms with van der Waals surface area (Å²) in [7, 11) is 0. The number of nitrogens with one attached hydrogen (secondary N) is 1. The topological polar surface area (TPSA) is 42.0 Å². The van der Waals surface area contributed by atoms with Crippen LogP contribution < -0.4 is 5.32 Å². The van der Waals surface area contributed by atoms with Gasteiger partial charge < -0.3 is 5.32 Å². The van der Waals surface area contributed by atoms with Crippen LogP contribution in [0.1, 0.15) is 46.7 Å². The molecule has 0 unspecified atom stereocenters. The number of carbonyl (C=O) groups is 1. The monoisotopic (exact) mass is 342 g/mol. The Labute approximate surface area is 136 Å². The Morgan fingerprint density at radius 1 is 1.22 bits per heavy atom. The first-order valence-corrected chi connectivity index (χ1v) is 7.76. The van der Waals surface area contributed by atoms with Crippen LogP contribution in [0, 0.1) is 6.92 Å². The van der Waals surface area contributed by atoms with Crippen LogP contribution in [0.3, 0.4) is 0 Å². The highest BCUT2D eigenvalue weighted by Gasteiger charge is 2.39. The zero-order chi connectivity index (χ0) is 17.4. The largest absolute Gasteiger partial charge is 0.435 e. The Bertz CT molecular complexity index is 730. The molecule has 0 radical (unpaired) electrons. The molecule has 1 aromatic carbocycles. The van der Waals surface area contributed by atoms with E-state index in [4.69, 9.17) is 0 Å². The van der Waals surface area contributed by atoms with Crippen LogP contribution in [0.5, 0.6) is 0 Å². The van der Waals surface area contributed by atoms with Gasteiger partial charge in [-0.2, -0.15) is 13.2 Å². The number of hydrogen-bond donors (Lipinski definition) is 1. The van der Waals surface area contributed by atoms with Gasteiger partial charge in [-0.25, -0.2) is 4.98 Å². The maximum absolute atomic E-state index is 12.9. The number of aromatic nitrogens is 1. The third-order valence-corrected chi connectivity index (χ3v) is 4.16. The number of carbonyl (C=O) groups excluding carboxylic acids is 1. The van der Waals surface area contributed by atoms with E-state index in [1.54, 1.807) is 18.2 Å². The third-order valence-electron chi connectivity index (χ3n) is 3.20. The molecule has 1 heterocycles. The van der Waals surface area contributed by atoms with Gasteiger partial charge in [-0.1, -0.05) is 32.9 Å². The second-order valence-corrected chi connectivity index (χ2v) is 7.40. The Morgan fingerprint density at radius 2 is 1.87 bits per heavy atom.